The van der Waals surface area contributed by atoms with Crippen LogP contribution in [0.25, 0.3) is 0 Å². The van der Waals surface area contributed by atoms with Gasteiger partial charge in [0.05, 0.1) is 6.61 Å². The number of amides is 1. The summed E-state index contributed by atoms with van der Waals surface area (Å²) in [6, 6.07) is 13.7. The largest absolute Gasteiger partial charge is 0.494 e. The van der Waals surface area contributed by atoms with Crippen molar-refractivity contribution in [1.82, 2.24) is 0 Å². The second-order valence-electron chi connectivity index (χ2n) is 5.27. The molecule has 4 heteroatoms. The van der Waals surface area contributed by atoms with Crippen LogP contribution in [0.3, 0.4) is 0 Å². The number of carbonyl (C=O) groups is 1. The molecule has 0 aromatic heterocycles. The average molecular weight is 362 g/mol. The number of ether oxygens (including phenoxy) is 1. The summed E-state index contributed by atoms with van der Waals surface area (Å²) >= 11 is 3.38. The molecule has 2 aromatic carbocycles. The molecular formula is C18H20BrNO2. The van der Waals surface area contributed by atoms with E-state index in [1.54, 1.807) is 0 Å². The zero-order chi connectivity index (χ0) is 15.9. The maximum Gasteiger partial charge on any atom is 0.224 e. The number of nitrogens with one attached hydrogen (secondary N) is 1. The summed E-state index contributed by atoms with van der Waals surface area (Å²) in [6.07, 6.45) is 1.14. The molecule has 0 bridgehead atoms. The number of hydrogen-bond donors (Lipinski definition) is 1. The maximum atomic E-state index is 12.0. The number of anilines is 1. The van der Waals surface area contributed by atoms with Crippen molar-refractivity contribution < 1.29 is 9.53 Å². The number of carbonyl (C=O) groups excluding carboxylic acids is 1. The molecule has 0 radical (unpaired) electrons. The number of rotatable bonds is 6. The van der Waals surface area contributed by atoms with Crippen LogP contribution in [-0.4, -0.2) is 12.5 Å². The fourth-order valence-corrected chi connectivity index (χ4v) is 2.30. The Morgan fingerprint density at radius 3 is 2.59 bits per heavy atom. The monoisotopic (exact) mass is 361 g/mol. The molecule has 1 amide bonds. The fraction of sp³-hybridized carbons (Fsp3) is 0.278. The van der Waals surface area contributed by atoms with E-state index < -0.39 is 0 Å². The lowest BCUT2D eigenvalue weighted by Gasteiger charge is -2.10. The van der Waals surface area contributed by atoms with Gasteiger partial charge in [-0.25, -0.2) is 0 Å². The third-order valence-electron chi connectivity index (χ3n) is 3.30. The number of benzene rings is 2. The van der Waals surface area contributed by atoms with E-state index in [0.29, 0.717) is 19.4 Å². The van der Waals surface area contributed by atoms with Crippen molar-refractivity contribution in [3.8, 4) is 5.75 Å². The Morgan fingerprint density at radius 1 is 1.14 bits per heavy atom. The Morgan fingerprint density at radius 2 is 1.86 bits per heavy atom. The van der Waals surface area contributed by atoms with Gasteiger partial charge in [-0.15, -0.1) is 0 Å². The van der Waals surface area contributed by atoms with Crippen molar-refractivity contribution in [3.05, 3.63) is 58.1 Å². The first-order chi connectivity index (χ1) is 10.5. The van der Waals surface area contributed by atoms with Crippen molar-refractivity contribution in [1.29, 1.82) is 0 Å². The van der Waals surface area contributed by atoms with Gasteiger partial charge in [0, 0.05) is 16.6 Å². The van der Waals surface area contributed by atoms with Crippen molar-refractivity contribution in [2.75, 3.05) is 11.9 Å². The fourth-order valence-electron chi connectivity index (χ4n) is 2.04. The van der Waals surface area contributed by atoms with Crippen LogP contribution in [0.4, 0.5) is 5.69 Å². The molecule has 0 heterocycles. The SMILES string of the molecule is Cc1ccc(C)c(NC(=O)CCCOc2ccc(Br)cc2)c1. The molecule has 116 valence electrons. The minimum absolute atomic E-state index is 0.0214. The van der Waals surface area contributed by atoms with Crippen LogP contribution < -0.4 is 10.1 Å². The van der Waals surface area contributed by atoms with E-state index in [1.165, 1.54) is 0 Å². The smallest absolute Gasteiger partial charge is 0.224 e. The first-order valence-electron chi connectivity index (χ1n) is 7.30. The lowest BCUT2D eigenvalue weighted by Crippen LogP contribution is -2.13. The lowest BCUT2D eigenvalue weighted by molar-refractivity contribution is -0.116. The van der Waals surface area contributed by atoms with Gasteiger partial charge < -0.3 is 10.1 Å². The van der Waals surface area contributed by atoms with Crippen molar-refractivity contribution in [2.24, 2.45) is 0 Å². The Kier molecular flexibility index (Phi) is 6.01. The summed E-state index contributed by atoms with van der Waals surface area (Å²) in [5.41, 5.74) is 3.10. The van der Waals surface area contributed by atoms with E-state index >= 15 is 0 Å². The Balaban J connectivity index is 1.74. The minimum atomic E-state index is 0.0214. The van der Waals surface area contributed by atoms with Gasteiger partial charge in [0.15, 0.2) is 0 Å². The van der Waals surface area contributed by atoms with E-state index in [0.717, 1.165) is 27.0 Å². The molecule has 0 fully saturated rings. The summed E-state index contributed by atoms with van der Waals surface area (Å²) in [4.78, 5) is 12.0. The highest BCUT2D eigenvalue weighted by molar-refractivity contribution is 9.10. The summed E-state index contributed by atoms with van der Waals surface area (Å²) < 4.78 is 6.62. The quantitative estimate of drug-likeness (QED) is 0.745. The van der Waals surface area contributed by atoms with Gasteiger partial charge in [0.2, 0.25) is 5.91 Å². The number of halogens is 1. The second-order valence-corrected chi connectivity index (χ2v) is 6.19. The molecule has 0 aliphatic rings. The van der Waals surface area contributed by atoms with Gasteiger partial charge in [-0.05, 0) is 61.7 Å². The van der Waals surface area contributed by atoms with Crippen molar-refractivity contribution in [3.63, 3.8) is 0 Å². The molecule has 0 aliphatic carbocycles. The van der Waals surface area contributed by atoms with E-state index in [4.69, 9.17) is 4.74 Å². The van der Waals surface area contributed by atoms with Crippen molar-refractivity contribution in [2.45, 2.75) is 26.7 Å². The summed E-state index contributed by atoms with van der Waals surface area (Å²) in [5, 5.41) is 2.96. The maximum absolute atomic E-state index is 12.0. The predicted molar refractivity (Wildman–Crippen MR) is 93.4 cm³/mol. The third-order valence-corrected chi connectivity index (χ3v) is 3.83. The molecule has 3 nitrogen and oxygen atoms in total. The van der Waals surface area contributed by atoms with Crippen LogP contribution in [0.1, 0.15) is 24.0 Å². The zero-order valence-electron chi connectivity index (χ0n) is 12.9. The first-order valence-corrected chi connectivity index (χ1v) is 8.09. The molecule has 0 saturated carbocycles. The van der Waals surface area contributed by atoms with Gasteiger partial charge in [-0.3, -0.25) is 4.79 Å². The average Bonchev–Trinajstić information content (AvgIpc) is 2.49. The van der Waals surface area contributed by atoms with Gasteiger partial charge in [-0.1, -0.05) is 28.1 Å². The van der Waals surface area contributed by atoms with Gasteiger partial charge in [-0.2, -0.15) is 0 Å². The molecule has 0 unspecified atom stereocenters. The highest BCUT2D eigenvalue weighted by Gasteiger charge is 2.05. The van der Waals surface area contributed by atoms with Gasteiger partial charge in [0.25, 0.3) is 0 Å². The van der Waals surface area contributed by atoms with E-state index in [2.05, 4.69) is 21.2 Å². The van der Waals surface area contributed by atoms with E-state index in [-0.39, 0.29) is 5.91 Å². The van der Waals surface area contributed by atoms with Crippen LogP contribution in [0.2, 0.25) is 0 Å². The highest BCUT2D eigenvalue weighted by Crippen LogP contribution is 2.18. The zero-order valence-corrected chi connectivity index (χ0v) is 14.4. The normalized spacial score (nSPS) is 10.3. The highest BCUT2D eigenvalue weighted by atomic mass is 79.9. The second kappa shape index (κ2) is 7.99. The molecule has 0 atom stereocenters. The lowest BCUT2D eigenvalue weighted by atomic mass is 10.1. The molecule has 0 spiro atoms. The molecule has 22 heavy (non-hydrogen) atoms. The van der Waals surface area contributed by atoms with E-state index in [9.17, 15) is 4.79 Å². The first kappa shape index (κ1) is 16.6. The molecular weight excluding hydrogens is 342 g/mol. The summed E-state index contributed by atoms with van der Waals surface area (Å²) in [7, 11) is 0. The van der Waals surface area contributed by atoms with Gasteiger partial charge in [0.1, 0.15) is 5.75 Å². The molecule has 2 rings (SSSR count). The van der Waals surface area contributed by atoms with Gasteiger partial charge >= 0.3 is 0 Å². The third kappa shape index (κ3) is 5.19. The summed E-state index contributed by atoms with van der Waals surface area (Å²) in [6.45, 7) is 4.54. The Hall–Kier alpha value is -1.81. The van der Waals surface area contributed by atoms with Crippen LogP contribution in [-0.2, 0) is 4.79 Å². The predicted octanol–water partition coefficient (Wildman–Crippen LogP) is 4.86. The topological polar surface area (TPSA) is 38.3 Å². The van der Waals surface area contributed by atoms with E-state index in [1.807, 2.05) is 56.3 Å². The number of hydrogen-bond acceptors (Lipinski definition) is 2. The molecule has 2 aromatic rings. The van der Waals surface area contributed by atoms with Crippen molar-refractivity contribution >= 4 is 27.5 Å². The number of aryl methyl sites for hydroxylation is 2. The minimum Gasteiger partial charge on any atom is -0.494 e. The van der Waals surface area contributed by atoms with Crippen LogP contribution in [0, 0.1) is 13.8 Å². The Labute approximate surface area is 139 Å². The molecule has 0 aliphatic heterocycles. The van der Waals surface area contributed by atoms with Crippen LogP contribution in [0.5, 0.6) is 5.75 Å². The van der Waals surface area contributed by atoms with Crippen LogP contribution in [0.15, 0.2) is 46.9 Å². The standard InChI is InChI=1S/C18H20BrNO2/c1-13-5-6-14(2)17(12-13)20-18(21)4-3-11-22-16-9-7-15(19)8-10-16/h5-10,12H,3-4,11H2,1-2H3,(H,20,21). The van der Waals surface area contributed by atoms with Crippen LogP contribution >= 0.6 is 15.9 Å². The molecule has 0 saturated heterocycles. The molecule has 1 N–H and O–H groups in total. The Bertz CT molecular complexity index is 638. The summed E-state index contributed by atoms with van der Waals surface area (Å²) in [5.74, 6) is 0.839.